The molecule has 9 heavy (non-hydrogen) atoms. The molecule has 1 N–H and O–H groups in total. The summed E-state index contributed by atoms with van der Waals surface area (Å²) in [6.07, 6.45) is 0.997. The first-order valence-corrected chi connectivity index (χ1v) is 2.66. The molecular formula is C3H2Cl2N2O2. The number of aromatic nitrogens is 2. The van der Waals surface area contributed by atoms with Crippen LogP contribution in [-0.4, -0.2) is 13.3 Å². The molecule has 1 aromatic heterocycles. The summed E-state index contributed by atoms with van der Waals surface area (Å²) >= 11 is 10.3. The van der Waals surface area contributed by atoms with Gasteiger partial charge in [-0.3, -0.25) is 0 Å². The predicted molar refractivity (Wildman–Crippen MR) is 32.9 cm³/mol. The van der Waals surface area contributed by atoms with Crippen molar-refractivity contribution in [2.45, 2.75) is 0 Å². The molecular weight excluding hydrogens is 167 g/mol. The van der Waals surface area contributed by atoms with Crippen LogP contribution < -0.4 is 5.69 Å². The highest BCUT2D eigenvalue weighted by Crippen LogP contribution is 2.06. The summed E-state index contributed by atoms with van der Waals surface area (Å²) in [5.41, 5.74) is -0.684. The molecule has 0 fully saturated rings. The molecule has 6 heteroatoms. The largest absolute Gasteiger partial charge is 0.492 e. The molecule has 1 rings (SSSR count). The molecule has 0 aliphatic rings. The number of hydrogen-bond acceptors (Lipinski definition) is 2. The molecule has 0 spiro atoms. The minimum absolute atomic E-state index is 0.378. The molecule has 0 amide bonds. The van der Waals surface area contributed by atoms with E-state index in [1.807, 2.05) is 0 Å². The number of rotatable bonds is 0. The van der Waals surface area contributed by atoms with Gasteiger partial charge in [-0.15, -0.1) is 0 Å². The standard InChI is InChI=1S/C3H2Cl2N2O2/c4-6-1-2(8)7(5)3(6)9/h1,8H. The van der Waals surface area contributed by atoms with E-state index in [1.54, 1.807) is 0 Å². The first-order chi connectivity index (χ1) is 4.13. The Morgan fingerprint density at radius 3 is 2.22 bits per heavy atom. The van der Waals surface area contributed by atoms with Gasteiger partial charge in [-0.25, -0.2) is 8.88 Å². The van der Waals surface area contributed by atoms with E-state index in [9.17, 15) is 4.79 Å². The third-order valence-corrected chi connectivity index (χ3v) is 1.34. The average molecular weight is 169 g/mol. The average Bonchev–Trinajstić information content (AvgIpc) is 1.98. The molecule has 0 saturated carbocycles. The van der Waals surface area contributed by atoms with Gasteiger partial charge in [0.1, 0.15) is 0 Å². The number of halogens is 2. The van der Waals surface area contributed by atoms with Crippen molar-refractivity contribution in [3.63, 3.8) is 0 Å². The summed E-state index contributed by atoms with van der Waals surface area (Å²) in [6, 6.07) is 0. The molecule has 0 saturated heterocycles. The summed E-state index contributed by atoms with van der Waals surface area (Å²) in [6.45, 7) is 0. The SMILES string of the molecule is O=c1n(Cl)cc(O)n1Cl. The van der Waals surface area contributed by atoms with E-state index in [4.69, 9.17) is 28.7 Å². The minimum Gasteiger partial charge on any atom is -0.492 e. The van der Waals surface area contributed by atoms with Gasteiger partial charge in [0.15, 0.2) is 0 Å². The zero-order valence-electron chi connectivity index (χ0n) is 4.08. The van der Waals surface area contributed by atoms with Crippen LogP contribution in [0.25, 0.3) is 0 Å². The number of hydrogen-bond donors (Lipinski definition) is 1. The summed E-state index contributed by atoms with van der Waals surface area (Å²) in [7, 11) is 0. The fraction of sp³-hybridized carbons (Fsp3) is 0. The third kappa shape index (κ3) is 0.906. The van der Waals surface area contributed by atoms with Crippen molar-refractivity contribution in [2.24, 2.45) is 0 Å². The summed E-state index contributed by atoms with van der Waals surface area (Å²) in [5.74, 6) is -0.378. The minimum atomic E-state index is -0.684. The number of nitrogens with zero attached hydrogens (tertiary/aromatic N) is 2. The van der Waals surface area contributed by atoms with Gasteiger partial charge in [0.05, 0.1) is 6.20 Å². The van der Waals surface area contributed by atoms with Crippen LogP contribution >= 0.6 is 23.6 Å². The maximum Gasteiger partial charge on any atom is 0.360 e. The molecule has 50 valence electrons. The second-order valence-electron chi connectivity index (χ2n) is 1.36. The molecule has 0 unspecified atom stereocenters. The highest BCUT2D eigenvalue weighted by molar-refractivity contribution is 6.18. The van der Waals surface area contributed by atoms with Crippen molar-refractivity contribution in [1.82, 2.24) is 8.17 Å². The van der Waals surface area contributed by atoms with Gasteiger partial charge in [0, 0.05) is 23.6 Å². The Kier molecular flexibility index (Phi) is 1.42. The molecule has 0 atom stereocenters. The lowest BCUT2D eigenvalue weighted by Gasteiger charge is -1.81. The maximum absolute atomic E-state index is 10.5. The van der Waals surface area contributed by atoms with Crippen LogP contribution in [-0.2, 0) is 0 Å². The Hall–Kier alpha value is -0.610. The van der Waals surface area contributed by atoms with Crippen molar-refractivity contribution in [1.29, 1.82) is 0 Å². The lowest BCUT2D eigenvalue weighted by Crippen LogP contribution is -2.12. The quantitative estimate of drug-likeness (QED) is 0.609. The van der Waals surface area contributed by atoms with Crippen molar-refractivity contribution >= 4 is 23.6 Å². The van der Waals surface area contributed by atoms with E-state index in [1.165, 1.54) is 0 Å². The fourth-order valence-corrected chi connectivity index (χ4v) is 0.716. The van der Waals surface area contributed by atoms with E-state index in [-0.39, 0.29) is 5.88 Å². The van der Waals surface area contributed by atoms with Gasteiger partial charge in [-0.1, -0.05) is 0 Å². The van der Waals surface area contributed by atoms with E-state index < -0.39 is 5.69 Å². The van der Waals surface area contributed by atoms with Gasteiger partial charge in [-0.05, 0) is 0 Å². The Morgan fingerprint density at radius 2 is 2.11 bits per heavy atom. The van der Waals surface area contributed by atoms with Gasteiger partial charge < -0.3 is 5.11 Å². The first kappa shape index (κ1) is 6.51. The molecule has 0 bridgehead atoms. The van der Waals surface area contributed by atoms with Gasteiger partial charge in [-0.2, -0.15) is 4.09 Å². The van der Waals surface area contributed by atoms with Crippen molar-refractivity contribution < 1.29 is 5.11 Å². The highest BCUT2D eigenvalue weighted by Gasteiger charge is 2.04. The number of aromatic hydroxyl groups is 1. The predicted octanol–water partition coefficient (Wildman–Crippen LogP) is 0.359. The molecule has 0 aliphatic carbocycles. The van der Waals surface area contributed by atoms with E-state index >= 15 is 0 Å². The smallest absolute Gasteiger partial charge is 0.360 e. The van der Waals surface area contributed by atoms with Crippen LogP contribution in [0.5, 0.6) is 5.88 Å². The molecule has 4 nitrogen and oxygen atoms in total. The zero-order chi connectivity index (χ0) is 7.02. The monoisotopic (exact) mass is 168 g/mol. The Balaban J connectivity index is 3.48. The fourth-order valence-electron chi connectivity index (χ4n) is 0.389. The number of imidazole rings is 1. The van der Waals surface area contributed by atoms with Crippen LogP contribution in [0, 0.1) is 0 Å². The summed E-state index contributed by atoms with van der Waals surface area (Å²) < 4.78 is 1.16. The summed E-state index contributed by atoms with van der Waals surface area (Å²) in [5, 5.41) is 8.65. The van der Waals surface area contributed by atoms with Gasteiger partial charge in [0.25, 0.3) is 0 Å². The second kappa shape index (κ2) is 1.97. The van der Waals surface area contributed by atoms with E-state index in [2.05, 4.69) is 0 Å². The molecule has 0 aromatic carbocycles. The van der Waals surface area contributed by atoms with Gasteiger partial charge >= 0.3 is 5.69 Å². The van der Waals surface area contributed by atoms with Crippen LogP contribution in [0.4, 0.5) is 0 Å². The topological polar surface area (TPSA) is 47.2 Å². The van der Waals surface area contributed by atoms with Crippen molar-refractivity contribution in [2.75, 3.05) is 0 Å². The molecule has 0 radical (unpaired) electrons. The van der Waals surface area contributed by atoms with Crippen molar-refractivity contribution in [3.8, 4) is 5.88 Å². The lowest BCUT2D eigenvalue weighted by molar-refractivity contribution is 0.448. The third-order valence-electron chi connectivity index (χ3n) is 0.781. The van der Waals surface area contributed by atoms with Crippen LogP contribution in [0.1, 0.15) is 0 Å². The highest BCUT2D eigenvalue weighted by atomic mass is 35.5. The Labute approximate surface area is 60.1 Å². The normalized spacial score (nSPS) is 10.0. The zero-order valence-corrected chi connectivity index (χ0v) is 5.60. The van der Waals surface area contributed by atoms with Crippen LogP contribution in [0.2, 0.25) is 0 Å². The lowest BCUT2D eigenvalue weighted by atomic mass is 10.9. The second-order valence-corrected chi connectivity index (χ2v) is 2.06. The van der Waals surface area contributed by atoms with Crippen LogP contribution in [0.15, 0.2) is 11.0 Å². The first-order valence-electron chi connectivity index (χ1n) is 1.98. The van der Waals surface area contributed by atoms with E-state index in [0.717, 1.165) is 6.20 Å². The molecule has 0 aliphatic heterocycles. The Morgan fingerprint density at radius 1 is 1.56 bits per heavy atom. The van der Waals surface area contributed by atoms with Gasteiger partial charge in [0.2, 0.25) is 5.88 Å². The van der Waals surface area contributed by atoms with Crippen LogP contribution in [0.3, 0.4) is 0 Å². The van der Waals surface area contributed by atoms with E-state index in [0.29, 0.717) is 8.17 Å². The molecule has 1 aromatic rings. The maximum atomic E-state index is 10.5. The Bertz CT molecular complexity index is 276. The van der Waals surface area contributed by atoms with Crippen molar-refractivity contribution in [3.05, 3.63) is 16.7 Å². The summed E-state index contributed by atoms with van der Waals surface area (Å²) in [4.78, 5) is 10.5. The molecule has 1 heterocycles.